The van der Waals surface area contributed by atoms with Crippen LogP contribution in [0.25, 0.3) is 0 Å². The fourth-order valence-electron chi connectivity index (χ4n) is 1.98. The van der Waals surface area contributed by atoms with Crippen LogP contribution in [0.3, 0.4) is 0 Å². The van der Waals surface area contributed by atoms with E-state index in [2.05, 4.69) is 4.72 Å². The maximum Gasteiger partial charge on any atom is 0.201 e. The number of hydrogen-bond donors (Lipinski definition) is 2. The molecule has 0 spiro atoms. The first-order valence-corrected chi connectivity index (χ1v) is 7.24. The van der Waals surface area contributed by atoms with Gasteiger partial charge in [0.05, 0.1) is 13.2 Å². The molecule has 0 radical (unpaired) electrons. The highest BCUT2D eigenvalue weighted by molar-refractivity contribution is 7.70. The van der Waals surface area contributed by atoms with Crippen molar-refractivity contribution in [2.45, 2.75) is 19.4 Å². The second-order valence-corrected chi connectivity index (χ2v) is 5.21. The molecule has 1 N–H and O–H groups in total. The summed E-state index contributed by atoms with van der Waals surface area (Å²) in [4.78, 5) is 0. The molecule has 0 aromatic heterocycles. The van der Waals surface area contributed by atoms with E-state index in [0.29, 0.717) is 25.2 Å². The molecule has 4 nitrogen and oxygen atoms in total. The van der Waals surface area contributed by atoms with Gasteiger partial charge in [0.2, 0.25) is 10.9 Å². The van der Waals surface area contributed by atoms with Gasteiger partial charge in [0, 0.05) is 12.1 Å². The Bertz CT molecular complexity index is 547. The van der Waals surface area contributed by atoms with Gasteiger partial charge in [-0.2, -0.15) is 0 Å². The Hall–Kier alpha value is -1.24. The van der Waals surface area contributed by atoms with Crippen LogP contribution in [0.1, 0.15) is 17.5 Å². The lowest BCUT2D eigenvalue weighted by Crippen LogP contribution is -2.12. The highest BCUT2D eigenvalue weighted by atomic mass is 32.2. The van der Waals surface area contributed by atoms with Crippen molar-refractivity contribution in [2.24, 2.45) is 0 Å². The number of halogens is 1. The van der Waals surface area contributed by atoms with Gasteiger partial charge in [0.15, 0.2) is 0 Å². The lowest BCUT2D eigenvalue weighted by Gasteiger charge is -2.14. The average Bonchev–Trinajstić information content (AvgIpc) is 2.39. The van der Waals surface area contributed by atoms with Crippen molar-refractivity contribution in [1.29, 1.82) is 0 Å². The zero-order valence-electron chi connectivity index (χ0n) is 10.4. The maximum absolute atomic E-state index is 13.8. The van der Waals surface area contributed by atoms with Crippen LogP contribution in [0.15, 0.2) is 29.8 Å². The normalized spacial score (nSPS) is 15.6. The van der Waals surface area contributed by atoms with Gasteiger partial charge < -0.3 is 4.74 Å². The van der Waals surface area contributed by atoms with Crippen molar-refractivity contribution in [2.75, 3.05) is 13.2 Å². The van der Waals surface area contributed by atoms with Crippen LogP contribution < -0.4 is 4.72 Å². The minimum absolute atomic E-state index is 0.0125. The van der Waals surface area contributed by atoms with E-state index in [4.69, 9.17) is 4.74 Å². The molecule has 104 valence electrons. The van der Waals surface area contributed by atoms with Crippen molar-refractivity contribution in [3.63, 3.8) is 0 Å². The summed E-state index contributed by atoms with van der Waals surface area (Å²) in [5.41, 5.74) is 2.49. The Morgan fingerprint density at radius 2 is 2.21 bits per heavy atom. The topological polar surface area (TPSA) is 55.4 Å². The minimum atomic E-state index is -2.70. The lowest BCUT2D eigenvalue weighted by atomic mass is 10.0. The SMILES string of the molecule is O=[SH](=O)NCc1ccc(CC2=CCOCC2)cc1F. The van der Waals surface area contributed by atoms with E-state index in [9.17, 15) is 12.8 Å². The molecule has 19 heavy (non-hydrogen) atoms. The van der Waals surface area contributed by atoms with E-state index in [1.807, 2.05) is 12.1 Å². The van der Waals surface area contributed by atoms with Crippen LogP contribution in [0.5, 0.6) is 0 Å². The monoisotopic (exact) mass is 285 g/mol. The van der Waals surface area contributed by atoms with Crippen molar-refractivity contribution in [3.8, 4) is 0 Å². The maximum atomic E-state index is 13.8. The number of benzene rings is 1. The Labute approximate surface area is 113 Å². The molecule has 1 aliphatic heterocycles. The third-order valence-electron chi connectivity index (χ3n) is 3.00. The van der Waals surface area contributed by atoms with Gasteiger partial charge in [0.1, 0.15) is 5.82 Å². The molecular weight excluding hydrogens is 269 g/mol. The first-order chi connectivity index (χ1) is 9.15. The first-order valence-electron chi connectivity index (χ1n) is 6.06. The summed E-state index contributed by atoms with van der Waals surface area (Å²) in [7, 11) is -2.70. The highest BCUT2D eigenvalue weighted by Crippen LogP contribution is 2.17. The van der Waals surface area contributed by atoms with Crippen molar-refractivity contribution in [1.82, 2.24) is 4.72 Å². The van der Waals surface area contributed by atoms with E-state index < -0.39 is 10.9 Å². The lowest BCUT2D eigenvalue weighted by molar-refractivity contribution is 0.154. The molecule has 0 bridgehead atoms. The van der Waals surface area contributed by atoms with Crippen LogP contribution in [0, 0.1) is 5.82 Å². The van der Waals surface area contributed by atoms with Crippen molar-refractivity contribution >= 4 is 10.9 Å². The molecule has 1 aliphatic rings. The molecule has 0 saturated heterocycles. The largest absolute Gasteiger partial charge is 0.377 e. The predicted octanol–water partition coefficient (Wildman–Crippen LogP) is 1.33. The average molecular weight is 285 g/mol. The van der Waals surface area contributed by atoms with Crippen LogP contribution in [0.2, 0.25) is 0 Å². The molecule has 0 fully saturated rings. The van der Waals surface area contributed by atoms with Crippen molar-refractivity contribution in [3.05, 3.63) is 46.8 Å². The van der Waals surface area contributed by atoms with E-state index in [1.165, 1.54) is 11.6 Å². The number of rotatable bonds is 5. The van der Waals surface area contributed by atoms with Gasteiger partial charge in [-0.05, 0) is 24.5 Å². The fraction of sp³-hybridized carbons (Fsp3) is 0.385. The number of ether oxygens (including phenoxy) is 1. The van der Waals surface area contributed by atoms with Crippen LogP contribution in [0.4, 0.5) is 4.39 Å². The minimum Gasteiger partial charge on any atom is -0.377 e. The highest BCUT2D eigenvalue weighted by Gasteiger charge is 2.08. The molecule has 1 heterocycles. The Kier molecular flexibility index (Phi) is 5.07. The summed E-state index contributed by atoms with van der Waals surface area (Å²) in [5, 5.41) is 0. The van der Waals surface area contributed by atoms with Gasteiger partial charge in [-0.15, -0.1) is 0 Å². The first kappa shape index (κ1) is 14.2. The Balaban J connectivity index is 2.03. The van der Waals surface area contributed by atoms with Crippen molar-refractivity contribution < 1.29 is 17.5 Å². The van der Waals surface area contributed by atoms with Gasteiger partial charge in [-0.1, -0.05) is 23.8 Å². The summed E-state index contributed by atoms with van der Waals surface area (Å²) >= 11 is 0. The molecule has 0 unspecified atom stereocenters. The standard InChI is InChI=1S/C13H16FNO3S/c14-13-8-11(7-10-3-5-18-6-4-10)1-2-12(13)9-15-19(16)17/h1-3,8,19H,4-7,9H2,(H,15,16,17). The fourth-order valence-corrected chi connectivity index (χ4v) is 2.28. The summed E-state index contributed by atoms with van der Waals surface area (Å²) < 4.78 is 42.0. The van der Waals surface area contributed by atoms with E-state index >= 15 is 0 Å². The summed E-state index contributed by atoms with van der Waals surface area (Å²) in [6, 6.07) is 4.91. The van der Waals surface area contributed by atoms with Gasteiger partial charge in [-0.3, -0.25) is 0 Å². The molecule has 1 aromatic carbocycles. The van der Waals surface area contributed by atoms with E-state index in [1.54, 1.807) is 6.07 Å². The zero-order chi connectivity index (χ0) is 13.7. The number of thiol groups is 1. The second-order valence-electron chi connectivity index (χ2n) is 4.38. The smallest absolute Gasteiger partial charge is 0.201 e. The zero-order valence-corrected chi connectivity index (χ0v) is 11.3. The van der Waals surface area contributed by atoms with Gasteiger partial charge >= 0.3 is 0 Å². The summed E-state index contributed by atoms with van der Waals surface area (Å²) in [6.07, 6.45) is 3.62. The summed E-state index contributed by atoms with van der Waals surface area (Å²) in [6.45, 7) is 1.32. The summed E-state index contributed by atoms with van der Waals surface area (Å²) in [5.74, 6) is -0.380. The number of hydrogen-bond acceptors (Lipinski definition) is 3. The van der Waals surface area contributed by atoms with Crippen LogP contribution in [-0.4, -0.2) is 21.6 Å². The third kappa shape index (κ3) is 4.41. The van der Waals surface area contributed by atoms with E-state index in [-0.39, 0.29) is 12.4 Å². The molecule has 0 amide bonds. The Morgan fingerprint density at radius 3 is 2.84 bits per heavy atom. The van der Waals surface area contributed by atoms with Gasteiger partial charge in [-0.25, -0.2) is 17.5 Å². The van der Waals surface area contributed by atoms with Gasteiger partial charge in [0.25, 0.3) is 0 Å². The van der Waals surface area contributed by atoms with Crippen LogP contribution >= 0.6 is 0 Å². The predicted molar refractivity (Wildman–Crippen MR) is 70.8 cm³/mol. The molecule has 0 atom stereocenters. The molecule has 6 heteroatoms. The molecule has 1 aromatic rings. The third-order valence-corrected chi connectivity index (χ3v) is 3.42. The van der Waals surface area contributed by atoms with E-state index in [0.717, 1.165) is 12.0 Å². The molecular formula is C13H16FNO3S. The Morgan fingerprint density at radius 1 is 1.37 bits per heavy atom. The number of nitrogens with one attached hydrogen (secondary N) is 1. The van der Waals surface area contributed by atoms with Crippen LogP contribution in [-0.2, 0) is 28.6 Å². The molecule has 2 rings (SSSR count). The molecule has 0 saturated carbocycles. The molecule has 0 aliphatic carbocycles. The second kappa shape index (κ2) is 6.79. The quantitative estimate of drug-likeness (QED) is 0.634.